The van der Waals surface area contributed by atoms with Gasteiger partial charge in [0.15, 0.2) is 5.54 Å². The van der Waals surface area contributed by atoms with E-state index in [4.69, 9.17) is 9.84 Å². The molecular formula is C14H19FN2O6S. The zero-order chi connectivity index (χ0) is 18.4. The number of halogens is 1. The number of rotatable bonds is 9. The molecule has 1 aromatic carbocycles. The monoisotopic (exact) mass is 362 g/mol. The van der Waals surface area contributed by atoms with Gasteiger partial charge in [0.25, 0.3) is 0 Å². The molecule has 1 rings (SSSR count). The van der Waals surface area contributed by atoms with Gasteiger partial charge in [0.05, 0.1) is 11.5 Å². The summed E-state index contributed by atoms with van der Waals surface area (Å²) in [6, 6.07) is 4.20. The number of amides is 1. The van der Waals surface area contributed by atoms with E-state index in [0.29, 0.717) is 0 Å². The average Bonchev–Trinajstić information content (AvgIpc) is 2.47. The van der Waals surface area contributed by atoms with Crippen LogP contribution in [0.25, 0.3) is 0 Å². The fourth-order valence-corrected chi connectivity index (χ4v) is 2.84. The van der Waals surface area contributed by atoms with E-state index >= 15 is 0 Å². The van der Waals surface area contributed by atoms with Crippen LogP contribution in [0.5, 0.6) is 0 Å². The quantitative estimate of drug-likeness (QED) is 0.573. The minimum atomic E-state index is -3.88. The first-order chi connectivity index (χ1) is 11.1. The minimum absolute atomic E-state index is 0.140. The number of aliphatic carboxylic acids is 1. The molecule has 1 unspecified atom stereocenters. The summed E-state index contributed by atoms with van der Waals surface area (Å²) in [5.74, 6) is -2.50. The van der Waals surface area contributed by atoms with Gasteiger partial charge in [-0.25, -0.2) is 22.3 Å². The molecule has 0 saturated carbocycles. The number of ether oxygens (including phenoxy) is 1. The Hall–Kier alpha value is -2.04. The first-order valence-corrected chi connectivity index (χ1v) is 8.37. The van der Waals surface area contributed by atoms with Crippen LogP contribution in [0.4, 0.5) is 4.39 Å². The fourth-order valence-electron chi connectivity index (χ4n) is 1.81. The molecule has 0 radical (unpaired) electrons. The normalized spacial score (nSPS) is 14.0. The number of carboxylic acid groups (broad SMARTS) is 1. The summed E-state index contributed by atoms with van der Waals surface area (Å²) >= 11 is 0. The number of methoxy groups -OCH3 is 1. The van der Waals surface area contributed by atoms with Gasteiger partial charge in [0.2, 0.25) is 15.9 Å². The van der Waals surface area contributed by atoms with Crippen molar-refractivity contribution >= 4 is 21.9 Å². The lowest BCUT2D eigenvalue weighted by Gasteiger charge is -2.25. The van der Waals surface area contributed by atoms with Crippen LogP contribution < -0.4 is 10.0 Å². The number of carbonyl (C=O) groups excluding carboxylic acids is 1. The van der Waals surface area contributed by atoms with Crippen molar-refractivity contribution in [2.45, 2.75) is 23.8 Å². The van der Waals surface area contributed by atoms with Crippen LogP contribution in [0.2, 0.25) is 0 Å². The molecule has 0 heterocycles. The van der Waals surface area contributed by atoms with Crippen molar-refractivity contribution in [1.29, 1.82) is 0 Å². The van der Waals surface area contributed by atoms with E-state index in [0.717, 1.165) is 24.3 Å². The fraction of sp³-hybridized carbons (Fsp3) is 0.429. The molecule has 134 valence electrons. The summed E-state index contributed by atoms with van der Waals surface area (Å²) in [7, 11) is -2.58. The van der Waals surface area contributed by atoms with Gasteiger partial charge in [-0.05, 0) is 31.2 Å². The zero-order valence-electron chi connectivity index (χ0n) is 13.2. The molecule has 1 aromatic rings. The molecule has 24 heavy (non-hydrogen) atoms. The number of hydrogen-bond donors (Lipinski definition) is 3. The summed E-state index contributed by atoms with van der Waals surface area (Å²) in [5, 5.41) is 11.4. The van der Waals surface area contributed by atoms with Gasteiger partial charge in [-0.15, -0.1) is 0 Å². The molecule has 0 bridgehead atoms. The lowest BCUT2D eigenvalue weighted by molar-refractivity contribution is -0.149. The van der Waals surface area contributed by atoms with Crippen molar-refractivity contribution in [3.63, 3.8) is 0 Å². The summed E-state index contributed by atoms with van der Waals surface area (Å²) in [4.78, 5) is 22.8. The molecule has 10 heteroatoms. The Labute approximate surface area is 139 Å². The highest BCUT2D eigenvalue weighted by atomic mass is 32.2. The van der Waals surface area contributed by atoms with Crippen molar-refractivity contribution in [3.05, 3.63) is 30.1 Å². The Morgan fingerprint density at radius 2 is 1.88 bits per heavy atom. The molecule has 8 nitrogen and oxygen atoms in total. The molecule has 0 aliphatic carbocycles. The van der Waals surface area contributed by atoms with Crippen molar-refractivity contribution in [3.8, 4) is 0 Å². The molecule has 1 amide bonds. The van der Waals surface area contributed by atoms with E-state index in [2.05, 4.69) is 10.0 Å². The van der Waals surface area contributed by atoms with Gasteiger partial charge in [-0.2, -0.15) is 0 Å². The van der Waals surface area contributed by atoms with Gasteiger partial charge in [-0.3, -0.25) is 4.79 Å². The number of sulfonamides is 1. The van der Waals surface area contributed by atoms with Crippen LogP contribution in [-0.2, 0) is 24.3 Å². The smallest absolute Gasteiger partial charge is 0.331 e. The number of carbonyl (C=O) groups is 2. The molecule has 1 atom stereocenters. The summed E-state index contributed by atoms with van der Waals surface area (Å²) in [6.45, 7) is 0.795. The van der Waals surface area contributed by atoms with Gasteiger partial charge in [0.1, 0.15) is 5.82 Å². The van der Waals surface area contributed by atoms with E-state index in [9.17, 15) is 22.4 Å². The largest absolute Gasteiger partial charge is 0.479 e. The summed E-state index contributed by atoms with van der Waals surface area (Å²) in [5.41, 5.74) is -1.61. The summed E-state index contributed by atoms with van der Waals surface area (Å²) in [6.07, 6.45) is -0.271. The second-order valence-electron chi connectivity index (χ2n) is 5.22. The van der Waals surface area contributed by atoms with Crippen LogP contribution in [0, 0.1) is 5.82 Å². The maximum atomic E-state index is 12.8. The molecule has 0 aromatic heterocycles. The van der Waals surface area contributed by atoms with Crippen molar-refractivity contribution in [2.75, 3.05) is 20.3 Å². The number of hydrogen-bond acceptors (Lipinski definition) is 5. The third kappa shape index (κ3) is 5.55. The predicted octanol–water partition coefficient (Wildman–Crippen LogP) is 0.100. The van der Waals surface area contributed by atoms with E-state index in [-0.39, 0.29) is 24.5 Å². The summed E-state index contributed by atoms with van der Waals surface area (Å²) < 4.78 is 43.6. The number of benzene rings is 1. The van der Waals surface area contributed by atoms with Crippen LogP contribution in [0.3, 0.4) is 0 Å². The lowest BCUT2D eigenvalue weighted by atomic mass is 10.0. The predicted molar refractivity (Wildman–Crippen MR) is 82.3 cm³/mol. The maximum Gasteiger partial charge on any atom is 0.331 e. The standard InChI is InChI=1S/C14H19FN2O6S/c1-14(9-23-2,13(19)20)17-12(18)7-8-16-24(21,22)11-5-3-10(15)4-6-11/h3-6,16H,7-9H2,1-2H3,(H,17,18)(H,19,20). The minimum Gasteiger partial charge on any atom is -0.479 e. The molecular weight excluding hydrogens is 343 g/mol. The molecule has 0 fully saturated rings. The van der Waals surface area contributed by atoms with E-state index < -0.39 is 33.3 Å². The number of carboxylic acids is 1. The molecule has 0 spiro atoms. The maximum absolute atomic E-state index is 12.8. The zero-order valence-corrected chi connectivity index (χ0v) is 14.0. The van der Waals surface area contributed by atoms with Gasteiger partial charge in [-0.1, -0.05) is 0 Å². The Kier molecular flexibility index (Phi) is 6.81. The average molecular weight is 362 g/mol. The highest BCUT2D eigenvalue weighted by molar-refractivity contribution is 7.89. The molecule has 0 aliphatic heterocycles. The van der Waals surface area contributed by atoms with E-state index in [1.807, 2.05) is 0 Å². The lowest BCUT2D eigenvalue weighted by Crippen LogP contribution is -2.55. The highest BCUT2D eigenvalue weighted by Gasteiger charge is 2.34. The Bertz CT molecular complexity index is 692. The first kappa shape index (κ1) is 20.0. The van der Waals surface area contributed by atoms with Crippen molar-refractivity contribution < 1.29 is 32.2 Å². The van der Waals surface area contributed by atoms with Crippen molar-refractivity contribution in [2.24, 2.45) is 0 Å². The third-order valence-electron chi connectivity index (χ3n) is 3.09. The van der Waals surface area contributed by atoms with Gasteiger partial charge >= 0.3 is 5.97 Å². The Morgan fingerprint density at radius 3 is 2.38 bits per heavy atom. The molecule has 3 N–H and O–H groups in total. The molecule has 0 saturated heterocycles. The Morgan fingerprint density at radius 1 is 1.29 bits per heavy atom. The first-order valence-electron chi connectivity index (χ1n) is 6.89. The van der Waals surface area contributed by atoms with Crippen LogP contribution >= 0.6 is 0 Å². The van der Waals surface area contributed by atoms with Gasteiger partial charge in [0, 0.05) is 20.1 Å². The van der Waals surface area contributed by atoms with Crippen molar-refractivity contribution in [1.82, 2.24) is 10.0 Å². The Balaban J connectivity index is 2.58. The highest BCUT2D eigenvalue weighted by Crippen LogP contribution is 2.09. The van der Waals surface area contributed by atoms with Crippen LogP contribution in [-0.4, -0.2) is 51.2 Å². The topological polar surface area (TPSA) is 122 Å². The second-order valence-corrected chi connectivity index (χ2v) is 6.99. The van der Waals surface area contributed by atoms with Crippen LogP contribution in [0.1, 0.15) is 13.3 Å². The van der Waals surface area contributed by atoms with E-state index in [1.165, 1.54) is 14.0 Å². The van der Waals surface area contributed by atoms with Crippen LogP contribution in [0.15, 0.2) is 29.2 Å². The molecule has 0 aliphatic rings. The number of nitrogens with one attached hydrogen (secondary N) is 2. The SMILES string of the molecule is COCC(C)(NC(=O)CCNS(=O)(=O)c1ccc(F)cc1)C(=O)O. The third-order valence-corrected chi connectivity index (χ3v) is 4.57. The second kappa shape index (κ2) is 8.18. The van der Waals surface area contributed by atoms with E-state index in [1.54, 1.807) is 0 Å². The van der Waals surface area contributed by atoms with Gasteiger partial charge < -0.3 is 15.2 Å².